The summed E-state index contributed by atoms with van der Waals surface area (Å²) in [6.45, 7) is 1.74. The first-order valence-electron chi connectivity index (χ1n) is 3.49. The number of rotatable bonds is 1. The molecular formula is C6H8N3O2. The molecule has 0 amide bonds. The average Bonchev–Trinajstić information content (AvgIpc) is 2.55. The fourth-order valence-electron chi connectivity index (χ4n) is 1.14. The smallest absolute Gasteiger partial charge is 0.339 e. The number of nitrogens with one attached hydrogen (secondary N) is 1. The highest BCUT2D eigenvalue weighted by Gasteiger charge is 2.15. The summed E-state index contributed by atoms with van der Waals surface area (Å²) in [6, 6.07) is 0. The Morgan fingerprint density at radius 3 is 3.18 bits per heavy atom. The van der Waals surface area contributed by atoms with Crippen LogP contribution < -0.4 is 10.7 Å². The Labute approximate surface area is 63.0 Å². The molecule has 0 unspecified atom stereocenters. The first-order valence-corrected chi connectivity index (χ1v) is 3.49. The first kappa shape index (κ1) is 6.45. The molecule has 11 heavy (non-hydrogen) atoms. The van der Waals surface area contributed by atoms with Gasteiger partial charge in [-0.1, -0.05) is 0 Å². The van der Waals surface area contributed by atoms with E-state index in [0.29, 0.717) is 5.95 Å². The van der Waals surface area contributed by atoms with Crippen molar-refractivity contribution in [2.75, 3.05) is 18.0 Å². The number of hydrogen-bond acceptors (Lipinski definition) is 4. The summed E-state index contributed by atoms with van der Waals surface area (Å²) in [4.78, 5) is 15.0. The van der Waals surface area contributed by atoms with E-state index in [1.807, 2.05) is 4.90 Å². The van der Waals surface area contributed by atoms with Crippen LogP contribution in [0.1, 0.15) is 6.42 Å². The van der Waals surface area contributed by atoms with Crippen LogP contribution in [-0.2, 0) is 0 Å². The minimum atomic E-state index is -0.494. The molecule has 0 spiro atoms. The van der Waals surface area contributed by atoms with Gasteiger partial charge in [-0.3, -0.25) is 9.51 Å². The van der Waals surface area contributed by atoms with Crippen LogP contribution in [0.25, 0.3) is 0 Å². The van der Waals surface area contributed by atoms with Gasteiger partial charge >= 0.3 is 5.76 Å². The molecule has 0 aromatic carbocycles. The summed E-state index contributed by atoms with van der Waals surface area (Å²) in [6.07, 6.45) is 3.17. The molecule has 0 saturated carbocycles. The predicted octanol–water partition coefficient (Wildman–Crippen LogP) is -0.223. The van der Waals surface area contributed by atoms with E-state index in [2.05, 4.69) is 21.1 Å². The van der Waals surface area contributed by atoms with Crippen LogP contribution in [0, 0.1) is 6.42 Å². The second kappa shape index (κ2) is 2.41. The van der Waals surface area contributed by atoms with Crippen molar-refractivity contribution in [2.45, 2.75) is 6.42 Å². The van der Waals surface area contributed by atoms with E-state index in [1.165, 1.54) is 0 Å². The van der Waals surface area contributed by atoms with Crippen LogP contribution in [0.3, 0.4) is 0 Å². The maximum absolute atomic E-state index is 10.5. The van der Waals surface area contributed by atoms with E-state index in [4.69, 9.17) is 0 Å². The molecule has 0 bridgehead atoms. The summed E-state index contributed by atoms with van der Waals surface area (Å²) in [5.74, 6) is 0.0376. The lowest BCUT2D eigenvalue weighted by Crippen LogP contribution is -2.19. The average molecular weight is 154 g/mol. The molecule has 1 aliphatic rings. The molecule has 59 valence electrons. The summed E-state index contributed by atoms with van der Waals surface area (Å²) in [5.41, 5.74) is 0. The largest absolute Gasteiger partial charge is 0.440 e. The molecule has 1 fully saturated rings. The second-order valence-corrected chi connectivity index (χ2v) is 2.44. The van der Waals surface area contributed by atoms with E-state index < -0.39 is 5.76 Å². The summed E-state index contributed by atoms with van der Waals surface area (Å²) in [5, 5.41) is 3.56. The van der Waals surface area contributed by atoms with Crippen molar-refractivity contribution in [2.24, 2.45) is 0 Å². The van der Waals surface area contributed by atoms with Crippen LogP contribution in [0.4, 0.5) is 5.95 Å². The molecule has 1 radical (unpaired) electrons. The normalized spacial score (nSPS) is 17.6. The van der Waals surface area contributed by atoms with Crippen molar-refractivity contribution in [3.05, 3.63) is 17.0 Å². The van der Waals surface area contributed by atoms with Crippen LogP contribution >= 0.6 is 0 Å². The standard InChI is InChI=1S/C6H8N3O2/c10-6-7-5(8-11-6)9-3-1-2-4-9/h1H,2-4H2,(H,7,8,10). The number of nitrogens with zero attached hydrogens (tertiary/aromatic N) is 2. The Morgan fingerprint density at radius 2 is 2.64 bits per heavy atom. The van der Waals surface area contributed by atoms with Gasteiger partial charge in [0.05, 0.1) is 0 Å². The zero-order valence-corrected chi connectivity index (χ0v) is 5.91. The minimum Gasteiger partial charge on any atom is -0.339 e. The molecule has 2 heterocycles. The summed E-state index contributed by atoms with van der Waals surface area (Å²) in [7, 11) is 0. The van der Waals surface area contributed by atoms with Crippen molar-refractivity contribution in [3.63, 3.8) is 0 Å². The molecule has 0 atom stereocenters. The van der Waals surface area contributed by atoms with Crippen molar-refractivity contribution < 1.29 is 4.52 Å². The zero-order chi connectivity index (χ0) is 7.68. The molecule has 1 saturated heterocycles. The monoisotopic (exact) mass is 154 g/mol. The predicted molar refractivity (Wildman–Crippen MR) is 38.3 cm³/mol. The van der Waals surface area contributed by atoms with Crippen LogP contribution in [-0.4, -0.2) is 23.2 Å². The molecule has 1 aromatic rings. The van der Waals surface area contributed by atoms with Gasteiger partial charge < -0.3 is 4.90 Å². The molecule has 5 nitrogen and oxygen atoms in total. The number of hydrogen-bond donors (Lipinski definition) is 1. The molecular weight excluding hydrogens is 146 g/mol. The molecule has 1 N–H and O–H groups in total. The number of aromatic nitrogens is 2. The fourth-order valence-corrected chi connectivity index (χ4v) is 1.14. The summed E-state index contributed by atoms with van der Waals surface area (Å²) >= 11 is 0. The van der Waals surface area contributed by atoms with Gasteiger partial charge in [0, 0.05) is 13.1 Å². The highest BCUT2D eigenvalue weighted by molar-refractivity contribution is 5.29. The minimum absolute atomic E-state index is 0.494. The molecule has 1 aliphatic heterocycles. The second-order valence-electron chi connectivity index (χ2n) is 2.44. The molecule has 5 heteroatoms. The topological polar surface area (TPSA) is 62.1 Å². The zero-order valence-electron chi connectivity index (χ0n) is 5.91. The Bertz CT molecular complexity index is 284. The van der Waals surface area contributed by atoms with Gasteiger partial charge in [0.2, 0.25) is 5.95 Å². The van der Waals surface area contributed by atoms with Gasteiger partial charge in [0.15, 0.2) is 0 Å². The van der Waals surface area contributed by atoms with Gasteiger partial charge in [0.25, 0.3) is 0 Å². The third kappa shape index (κ3) is 1.13. The van der Waals surface area contributed by atoms with Crippen molar-refractivity contribution in [3.8, 4) is 0 Å². The third-order valence-electron chi connectivity index (χ3n) is 1.68. The Hall–Kier alpha value is -1.26. The molecule has 0 aliphatic carbocycles. The van der Waals surface area contributed by atoms with Crippen molar-refractivity contribution in [1.82, 2.24) is 10.1 Å². The number of aromatic amines is 1. The highest BCUT2D eigenvalue weighted by atomic mass is 16.5. The SMILES string of the molecule is O=c1[nH]c(N2C[CH]CC2)no1. The van der Waals surface area contributed by atoms with E-state index in [0.717, 1.165) is 19.5 Å². The van der Waals surface area contributed by atoms with Gasteiger partial charge in [0.1, 0.15) is 0 Å². The van der Waals surface area contributed by atoms with E-state index in [9.17, 15) is 4.79 Å². The van der Waals surface area contributed by atoms with E-state index >= 15 is 0 Å². The van der Waals surface area contributed by atoms with E-state index in [1.54, 1.807) is 0 Å². The lowest BCUT2D eigenvalue weighted by molar-refractivity contribution is 0.386. The number of H-pyrrole nitrogens is 1. The Morgan fingerprint density at radius 1 is 1.73 bits per heavy atom. The maximum Gasteiger partial charge on any atom is 0.440 e. The highest BCUT2D eigenvalue weighted by Crippen LogP contribution is 2.12. The lowest BCUT2D eigenvalue weighted by Gasteiger charge is -2.09. The Kier molecular flexibility index (Phi) is 1.41. The maximum atomic E-state index is 10.5. The van der Waals surface area contributed by atoms with Gasteiger partial charge in [-0.25, -0.2) is 4.79 Å². The van der Waals surface area contributed by atoms with Crippen molar-refractivity contribution >= 4 is 5.95 Å². The Balaban J connectivity index is 2.21. The molecule has 2 rings (SSSR count). The number of anilines is 1. The fraction of sp³-hybridized carbons (Fsp3) is 0.500. The summed E-state index contributed by atoms with van der Waals surface area (Å²) < 4.78 is 4.36. The van der Waals surface area contributed by atoms with Gasteiger partial charge in [-0.05, 0) is 18.0 Å². The molecule has 1 aromatic heterocycles. The van der Waals surface area contributed by atoms with Gasteiger partial charge in [-0.15, -0.1) is 0 Å². The van der Waals surface area contributed by atoms with Gasteiger partial charge in [-0.2, -0.15) is 0 Å². The first-order chi connectivity index (χ1) is 5.36. The van der Waals surface area contributed by atoms with Crippen molar-refractivity contribution in [1.29, 1.82) is 0 Å². The lowest BCUT2D eigenvalue weighted by atomic mass is 10.4. The van der Waals surface area contributed by atoms with Crippen LogP contribution in [0.2, 0.25) is 0 Å². The van der Waals surface area contributed by atoms with Crippen LogP contribution in [0.15, 0.2) is 9.32 Å². The van der Waals surface area contributed by atoms with E-state index in [-0.39, 0.29) is 0 Å². The third-order valence-corrected chi connectivity index (χ3v) is 1.68. The quantitative estimate of drug-likeness (QED) is 0.607. The van der Waals surface area contributed by atoms with Crippen LogP contribution in [0.5, 0.6) is 0 Å².